The third kappa shape index (κ3) is 5.60. The summed E-state index contributed by atoms with van der Waals surface area (Å²) in [5.74, 6) is -2.81. The summed E-state index contributed by atoms with van der Waals surface area (Å²) in [5.41, 5.74) is 5.44. The number of β-lactam (4-membered cyclic amide) rings is 1. The van der Waals surface area contributed by atoms with Gasteiger partial charge < -0.3 is 35.4 Å². The Morgan fingerprint density at radius 2 is 2.12 bits per heavy atom. The topological polar surface area (TPSA) is 180 Å². The molecule has 1 aromatic rings. The fraction of sp³-hybridized carbons (Fsp3) is 0.412. The number of anilines is 1. The normalized spacial score (nSPS) is 19.7. The average Bonchev–Trinajstić information content (AvgIpc) is 3.18. The summed E-state index contributed by atoms with van der Waals surface area (Å²) >= 11 is 2.31. The first-order valence-corrected chi connectivity index (χ1v) is 10.9. The maximum Gasteiger partial charge on any atom is 1.00 e. The van der Waals surface area contributed by atoms with Crippen molar-refractivity contribution in [2.45, 2.75) is 11.4 Å². The number of nitrogens with one attached hydrogen (secondary N) is 1. The van der Waals surface area contributed by atoms with E-state index in [1.54, 1.807) is 0 Å². The average molecular weight is 506 g/mol. The van der Waals surface area contributed by atoms with Gasteiger partial charge >= 0.3 is 35.7 Å². The van der Waals surface area contributed by atoms with Gasteiger partial charge in [0.15, 0.2) is 10.8 Å². The number of nitrogen functional groups attached to an aromatic ring is 1. The van der Waals surface area contributed by atoms with E-state index in [-0.39, 0.29) is 69.7 Å². The summed E-state index contributed by atoms with van der Waals surface area (Å²) in [6.07, 6.45) is -0.657. The molecule has 1 saturated heterocycles. The molecule has 13 nitrogen and oxygen atoms in total. The number of carbonyl (C=O) groups excluding carboxylic acids is 4. The molecule has 16 heteroatoms. The Morgan fingerprint density at radius 1 is 1.42 bits per heavy atom. The molecule has 33 heavy (non-hydrogen) atoms. The van der Waals surface area contributed by atoms with Gasteiger partial charge in [0.2, 0.25) is 0 Å². The molecular weight excluding hydrogens is 487 g/mol. The van der Waals surface area contributed by atoms with Crippen LogP contribution in [0.15, 0.2) is 21.8 Å². The van der Waals surface area contributed by atoms with Crippen molar-refractivity contribution >= 4 is 57.8 Å². The summed E-state index contributed by atoms with van der Waals surface area (Å²) < 4.78 is 5.04. The van der Waals surface area contributed by atoms with Crippen LogP contribution in [0.25, 0.3) is 0 Å². The number of carboxylic acid groups (broad SMARTS) is 1. The Bertz CT molecular complexity index is 1030. The van der Waals surface area contributed by atoms with Crippen molar-refractivity contribution in [1.82, 2.24) is 20.1 Å². The van der Waals surface area contributed by atoms with Gasteiger partial charge in [0, 0.05) is 30.8 Å². The van der Waals surface area contributed by atoms with Crippen molar-refractivity contribution in [3.8, 4) is 0 Å². The molecule has 1 unspecified atom stereocenters. The Balaban J connectivity index is 0.00000385. The number of thioether (sulfide) groups is 1. The molecule has 0 spiro atoms. The number of hydrogen-bond donors (Lipinski definition) is 2. The Hall–Kier alpha value is -2.33. The van der Waals surface area contributed by atoms with Gasteiger partial charge in [-0.3, -0.25) is 14.5 Å². The number of nitrogens with zero attached hydrogens (tertiary/aromatic N) is 4. The molecule has 0 aliphatic carbocycles. The largest absolute Gasteiger partial charge is 1.00 e. The van der Waals surface area contributed by atoms with E-state index in [1.807, 2.05) is 0 Å². The molecule has 2 atom stereocenters. The van der Waals surface area contributed by atoms with Crippen molar-refractivity contribution < 1.29 is 63.4 Å². The molecule has 3 rings (SSSR count). The van der Waals surface area contributed by atoms with Crippen LogP contribution < -0.4 is 45.7 Å². The van der Waals surface area contributed by atoms with Gasteiger partial charge in [-0.1, -0.05) is 5.16 Å². The standard InChI is InChI=1S/C17H20N6O7S2.Na/c1-22(2)17(28)30-4-7-5-31-14-10(13(25)23(14)11(7)15(26)27)20-12(24)9(21-29-3)8-6-32-16(18)19-8;/h6,10,14H,4-5H2,1-3H3,(H2,18,19)(H,20,24)(H,26,27);/q;+1/p-1/b21-9-;/t10?,14-;/m0./s1. The van der Waals surface area contributed by atoms with Crippen molar-refractivity contribution in [2.24, 2.45) is 5.16 Å². The van der Waals surface area contributed by atoms with E-state index < -0.39 is 35.3 Å². The second-order valence-electron chi connectivity index (χ2n) is 6.74. The third-order valence-corrected chi connectivity index (χ3v) is 6.44. The Labute approximate surface area is 218 Å². The molecule has 0 bridgehead atoms. The molecule has 1 fully saturated rings. The van der Waals surface area contributed by atoms with Gasteiger partial charge in [0.1, 0.15) is 30.8 Å². The van der Waals surface area contributed by atoms with Crippen LogP contribution in [-0.2, 0) is 24.0 Å². The maximum absolute atomic E-state index is 12.7. The number of ether oxygens (including phenoxy) is 1. The molecule has 3 N–H and O–H groups in total. The van der Waals surface area contributed by atoms with E-state index in [4.69, 9.17) is 15.3 Å². The second-order valence-corrected chi connectivity index (χ2v) is 8.74. The van der Waals surface area contributed by atoms with Crippen molar-refractivity contribution in [2.75, 3.05) is 39.3 Å². The molecule has 2 aliphatic rings. The molecule has 0 aromatic carbocycles. The number of aromatic nitrogens is 1. The van der Waals surface area contributed by atoms with Crippen LogP contribution in [0.3, 0.4) is 0 Å². The summed E-state index contributed by atoms with van der Waals surface area (Å²) in [6, 6.07) is -1.01. The fourth-order valence-electron chi connectivity index (χ4n) is 2.96. The number of hydrogen-bond acceptors (Lipinski definition) is 12. The van der Waals surface area contributed by atoms with E-state index in [1.165, 1.54) is 43.2 Å². The number of carboxylic acids is 1. The molecule has 0 radical (unpaired) electrons. The van der Waals surface area contributed by atoms with E-state index in [0.29, 0.717) is 0 Å². The first-order chi connectivity index (χ1) is 15.1. The van der Waals surface area contributed by atoms with Gasteiger partial charge in [-0.05, 0) is 0 Å². The zero-order valence-electron chi connectivity index (χ0n) is 18.2. The van der Waals surface area contributed by atoms with E-state index >= 15 is 0 Å². The van der Waals surface area contributed by atoms with Crippen LogP contribution in [0, 0.1) is 0 Å². The molecule has 3 amide bonds. The van der Waals surface area contributed by atoms with Crippen molar-refractivity contribution in [3.05, 3.63) is 22.3 Å². The maximum atomic E-state index is 12.7. The first kappa shape index (κ1) is 26.9. The molecule has 0 saturated carbocycles. The van der Waals surface area contributed by atoms with Crippen LogP contribution in [0.4, 0.5) is 9.93 Å². The van der Waals surface area contributed by atoms with Crippen LogP contribution in [-0.4, -0.2) is 89.4 Å². The first-order valence-electron chi connectivity index (χ1n) is 9.01. The molecule has 3 heterocycles. The monoisotopic (exact) mass is 506 g/mol. The van der Waals surface area contributed by atoms with Crippen LogP contribution >= 0.6 is 23.1 Å². The Morgan fingerprint density at radius 3 is 2.67 bits per heavy atom. The summed E-state index contributed by atoms with van der Waals surface area (Å²) in [5, 5.41) is 19.0. The Kier molecular flexibility index (Phi) is 9.13. The van der Waals surface area contributed by atoms with Crippen molar-refractivity contribution in [1.29, 1.82) is 0 Å². The number of amides is 3. The van der Waals surface area contributed by atoms with E-state index in [2.05, 4.69) is 15.5 Å². The van der Waals surface area contributed by atoms with Gasteiger partial charge in [-0.15, -0.1) is 23.1 Å². The van der Waals surface area contributed by atoms with Crippen molar-refractivity contribution in [3.63, 3.8) is 0 Å². The van der Waals surface area contributed by atoms with Crippen LogP contribution in [0.5, 0.6) is 0 Å². The van der Waals surface area contributed by atoms with Gasteiger partial charge in [0.25, 0.3) is 11.8 Å². The number of rotatable bonds is 7. The number of thiazole rings is 1. The minimum Gasteiger partial charge on any atom is -0.543 e. The quantitative estimate of drug-likeness (QED) is 0.158. The minimum atomic E-state index is -1.58. The third-order valence-electron chi connectivity index (χ3n) is 4.42. The number of carbonyl (C=O) groups is 4. The fourth-order valence-corrected chi connectivity index (χ4v) is 4.84. The van der Waals surface area contributed by atoms with Gasteiger partial charge in [-0.25, -0.2) is 9.78 Å². The summed E-state index contributed by atoms with van der Waals surface area (Å²) in [7, 11) is 4.21. The smallest absolute Gasteiger partial charge is 0.543 e. The minimum absolute atomic E-state index is 0. The zero-order valence-corrected chi connectivity index (χ0v) is 21.8. The molecule has 2 aliphatic heterocycles. The predicted octanol–water partition coefficient (Wildman–Crippen LogP) is -4.82. The van der Waals surface area contributed by atoms with Crippen LogP contribution in [0.2, 0.25) is 0 Å². The number of fused-ring (bicyclic) bond motifs is 1. The number of oxime groups is 1. The van der Waals surface area contributed by atoms with Gasteiger partial charge in [-0.2, -0.15) is 0 Å². The van der Waals surface area contributed by atoms with E-state index in [0.717, 1.165) is 16.2 Å². The molecule has 172 valence electrons. The van der Waals surface area contributed by atoms with Gasteiger partial charge in [0.05, 0.1) is 11.7 Å². The molecule has 1 aromatic heterocycles. The number of aliphatic carboxylic acids is 1. The summed E-state index contributed by atoms with van der Waals surface area (Å²) in [6.45, 7) is -0.309. The summed E-state index contributed by atoms with van der Waals surface area (Å²) in [4.78, 5) is 59.7. The predicted molar refractivity (Wildman–Crippen MR) is 112 cm³/mol. The van der Waals surface area contributed by atoms with Crippen LogP contribution in [0.1, 0.15) is 5.69 Å². The second kappa shape index (κ2) is 11.2. The SMILES string of the molecule is CO/N=C(\C(=O)NC1C(=O)N2C(C(=O)[O-])=C(COC(=O)N(C)C)CS[C@@H]12)c1csc(N)n1.[Na+]. The molecular formula is C17H19N6NaO7S2. The van der Waals surface area contributed by atoms with E-state index in [9.17, 15) is 24.3 Å². The number of nitrogens with two attached hydrogens (primary N) is 1. The zero-order chi connectivity index (χ0) is 23.6.